The molecule has 0 aliphatic rings. The fourth-order valence-electron chi connectivity index (χ4n) is 0.972. The average Bonchev–Trinajstić information content (AvgIpc) is 2.27. The predicted octanol–water partition coefficient (Wildman–Crippen LogP) is 0.932. The first-order valence-corrected chi connectivity index (χ1v) is 4.52. The first kappa shape index (κ1) is 11.9. The van der Waals surface area contributed by atoms with Gasteiger partial charge >= 0.3 is 11.7 Å². The summed E-state index contributed by atoms with van der Waals surface area (Å²) in [5.41, 5.74) is -0.285. The van der Waals surface area contributed by atoms with Crippen LogP contribution in [0.25, 0.3) is 0 Å². The van der Waals surface area contributed by atoms with E-state index < -0.39 is 10.9 Å². The van der Waals surface area contributed by atoms with Gasteiger partial charge in [-0.1, -0.05) is 0 Å². The van der Waals surface area contributed by atoms with Crippen molar-refractivity contribution in [1.29, 1.82) is 0 Å². The number of aromatic nitrogens is 1. The molecule has 0 aliphatic heterocycles. The lowest BCUT2D eigenvalue weighted by molar-refractivity contribution is -0.386. The number of hydrogen-bond acceptors (Lipinski definition) is 6. The fourth-order valence-corrected chi connectivity index (χ4v) is 0.972. The SMILES string of the molecule is CCOC(=O)COc1ccncc1[N+](=O)[O-]. The van der Waals surface area contributed by atoms with Crippen molar-refractivity contribution in [2.45, 2.75) is 6.92 Å². The van der Waals surface area contributed by atoms with Crippen molar-refractivity contribution in [3.8, 4) is 5.75 Å². The minimum Gasteiger partial charge on any atom is -0.475 e. The molecule has 1 aromatic rings. The van der Waals surface area contributed by atoms with Gasteiger partial charge in [0, 0.05) is 12.3 Å². The molecule has 0 aromatic carbocycles. The molecule has 16 heavy (non-hydrogen) atoms. The van der Waals surface area contributed by atoms with Crippen LogP contribution in [0, 0.1) is 10.1 Å². The summed E-state index contributed by atoms with van der Waals surface area (Å²) in [6.07, 6.45) is 2.40. The summed E-state index contributed by atoms with van der Waals surface area (Å²) in [7, 11) is 0. The molecule has 0 saturated carbocycles. The third-order valence-electron chi connectivity index (χ3n) is 1.61. The lowest BCUT2D eigenvalue weighted by Crippen LogP contribution is -2.15. The second-order valence-corrected chi connectivity index (χ2v) is 2.69. The van der Waals surface area contributed by atoms with E-state index in [2.05, 4.69) is 9.72 Å². The summed E-state index contributed by atoms with van der Waals surface area (Å²) in [4.78, 5) is 24.5. The topological polar surface area (TPSA) is 91.6 Å². The standard InChI is InChI=1S/C9H10N2O5/c1-2-15-9(12)6-16-8-3-4-10-5-7(8)11(13)14/h3-5H,2,6H2,1H3. The second kappa shape index (κ2) is 5.64. The molecule has 0 unspecified atom stereocenters. The van der Waals surface area contributed by atoms with Crippen LogP contribution in [0.1, 0.15) is 6.92 Å². The van der Waals surface area contributed by atoms with E-state index in [-0.39, 0.29) is 24.7 Å². The highest BCUT2D eigenvalue weighted by atomic mass is 16.6. The molecule has 0 bridgehead atoms. The molecular weight excluding hydrogens is 216 g/mol. The number of esters is 1. The van der Waals surface area contributed by atoms with E-state index in [1.165, 1.54) is 12.3 Å². The highest BCUT2D eigenvalue weighted by Crippen LogP contribution is 2.24. The highest BCUT2D eigenvalue weighted by Gasteiger charge is 2.15. The Balaban J connectivity index is 2.66. The van der Waals surface area contributed by atoms with Crippen LogP contribution < -0.4 is 4.74 Å². The largest absolute Gasteiger partial charge is 0.475 e. The van der Waals surface area contributed by atoms with E-state index >= 15 is 0 Å². The highest BCUT2D eigenvalue weighted by molar-refractivity contribution is 5.71. The molecule has 1 heterocycles. The Morgan fingerprint density at radius 1 is 1.62 bits per heavy atom. The zero-order chi connectivity index (χ0) is 12.0. The third kappa shape index (κ3) is 3.19. The van der Waals surface area contributed by atoms with Gasteiger partial charge in [-0.05, 0) is 6.92 Å². The van der Waals surface area contributed by atoms with Crippen LogP contribution in [0.4, 0.5) is 5.69 Å². The van der Waals surface area contributed by atoms with Gasteiger partial charge < -0.3 is 9.47 Å². The minimum atomic E-state index is -0.631. The monoisotopic (exact) mass is 226 g/mol. The zero-order valence-electron chi connectivity index (χ0n) is 8.58. The Kier molecular flexibility index (Phi) is 4.19. The quantitative estimate of drug-likeness (QED) is 0.421. The van der Waals surface area contributed by atoms with Crippen LogP contribution >= 0.6 is 0 Å². The van der Waals surface area contributed by atoms with Crippen LogP contribution in [-0.4, -0.2) is 29.1 Å². The van der Waals surface area contributed by atoms with E-state index in [1.807, 2.05) is 0 Å². The third-order valence-corrected chi connectivity index (χ3v) is 1.61. The van der Waals surface area contributed by atoms with Crippen molar-refractivity contribution in [3.05, 3.63) is 28.6 Å². The Bertz CT molecular complexity index is 393. The molecule has 0 radical (unpaired) electrons. The fraction of sp³-hybridized carbons (Fsp3) is 0.333. The van der Waals surface area contributed by atoms with Gasteiger partial charge in [0.25, 0.3) is 0 Å². The molecule has 86 valence electrons. The van der Waals surface area contributed by atoms with Gasteiger partial charge in [0.15, 0.2) is 6.61 Å². The number of pyridine rings is 1. The van der Waals surface area contributed by atoms with Crippen LogP contribution in [0.15, 0.2) is 18.5 Å². The summed E-state index contributed by atoms with van der Waals surface area (Å²) in [5, 5.41) is 10.6. The normalized spacial score (nSPS) is 9.56. The molecule has 1 rings (SSSR count). The first-order valence-electron chi connectivity index (χ1n) is 4.52. The number of nitrogens with zero attached hydrogens (tertiary/aromatic N) is 2. The smallest absolute Gasteiger partial charge is 0.344 e. The van der Waals surface area contributed by atoms with Gasteiger partial charge in [-0.25, -0.2) is 4.79 Å². The van der Waals surface area contributed by atoms with Crippen LogP contribution in [-0.2, 0) is 9.53 Å². The number of carbonyl (C=O) groups excluding carboxylic acids is 1. The Labute approximate surface area is 91.2 Å². The maximum absolute atomic E-state index is 11.0. The summed E-state index contributed by atoms with van der Waals surface area (Å²) in [6, 6.07) is 1.32. The van der Waals surface area contributed by atoms with Crippen molar-refractivity contribution in [1.82, 2.24) is 4.98 Å². The van der Waals surface area contributed by atoms with Crippen molar-refractivity contribution in [3.63, 3.8) is 0 Å². The lowest BCUT2D eigenvalue weighted by Gasteiger charge is -2.05. The number of rotatable bonds is 5. The van der Waals surface area contributed by atoms with Crippen molar-refractivity contribution >= 4 is 11.7 Å². The van der Waals surface area contributed by atoms with Gasteiger partial charge in [-0.3, -0.25) is 15.1 Å². The van der Waals surface area contributed by atoms with Crippen molar-refractivity contribution < 1.29 is 19.2 Å². The van der Waals surface area contributed by atoms with E-state index in [9.17, 15) is 14.9 Å². The Morgan fingerprint density at radius 2 is 2.38 bits per heavy atom. The zero-order valence-corrected chi connectivity index (χ0v) is 8.58. The summed E-state index contributed by atoms with van der Waals surface area (Å²) < 4.78 is 9.57. The van der Waals surface area contributed by atoms with Gasteiger partial charge in [-0.2, -0.15) is 0 Å². The summed E-state index contributed by atoms with van der Waals surface area (Å²) in [6.45, 7) is 1.53. The number of hydrogen-bond donors (Lipinski definition) is 0. The second-order valence-electron chi connectivity index (χ2n) is 2.69. The van der Waals surface area contributed by atoms with Crippen molar-refractivity contribution in [2.75, 3.05) is 13.2 Å². The van der Waals surface area contributed by atoms with E-state index in [4.69, 9.17) is 4.74 Å². The molecule has 0 N–H and O–H groups in total. The molecule has 0 atom stereocenters. The van der Waals surface area contributed by atoms with E-state index in [0.29, 0.717) is 0 Å². The Morgan fingerprint density at radius 3 is 3.00 bits per heavy atom. The average molecular weight is 226 g/mol. The molecule has 0 amide bonds. The Hall–Kier alpha value is -2.18. The summed E-state index contributed by atoms with van der Waals surface area (Å²) >= 11 is 0. The van der Waals surface area contributed by atoms with Crippen LogP contribution in [0.3, 0.4) is 0 Å². The molecule has 0 aliphatic carbocycles. The molecular formula is C9H10N2O5. The minimum absolute atomic E-state index is 0.00643. The first-order chi connectivity index (χ1) is 7.65. The van der Waals surface area contributed by atoms with Crippen molar-refractivity contribution in [2.24, 2.45) is 0 Å². The van der Waals surface area contributed by atoms with E-state index in [1.54, 1.807) is 6.92 Å². The van der Waals surface area contributed by atoms with Gasteiger partial charge in [0.05, 0.1) is 11.5 Å². The number of nitro groups is 1. The van der Waals surface area contributed by atoms with Gasteiger partial charge in [0.1, 0.15) is 6.20 Å². The molecule has 0 fully saturated rings. The van der Waals surface area contributed by atoms with Crippen LogP contribution in [0.5, 0.6) is 5.75 Å². The maximum atomic E-state index is 11.0. The lowest BCUT2D eigenvalue weighted by atomic mass is 10.4. The molecule has 0 saturated heterocycles. The molecule has 7 heteroatoms. The van der Waals surface area contributed by atoms with E-state index in [0.717, 1.165) is 6.20 Å². The maximum Gasteiger partial charge on any atom is 0.344 e. The molecule has 0 spiro atoms. The predicted molar refractivity (Wildman–Crippen MR) is 53.0 cm³/mol. The number of carbonyl (C=O) groups is 1. The number of ether oxygens (including phenoxy) is 2. The van der Waals surface area contributed by atoms with Gasteiger partial charge in [0.2, 0.25) is 5.75 Å². The van der Waals surface area contributed by atoms with Crippen LogP contribution in [0.2, 0.25) is 0 Å². The molecule has 7 nitrogen and oxygen atoms in total. The molecule has 1 aromatic heterocycles. The summed E-state index contributed by atoms with van der Waals surface area (Å²) in [5.74, 6) is -0.582. The van der Waals surface area contributed by atoms with Gasteiger partial charge in [-0.15, -0.1) is 0 Å².